The zero-order valence-corrected chi connectivity index (χ0v) is 13.3. The van der Waals surface area contributed by atoms with Crippen molar-refractivity contribution < 1.29 is 0 Å². The Balaban J connectivity index is 1.47. The number of hydrogen-bond acceptors (Lipinski definition) is 4. The molecule has 5 heteroatoms. The Hall–Kier alpha value is -1.72. The fourth-order valence-corrected chi connectivity index (χ4v) is 3.41. The van der Waals surface area contributed by atoms with Crippen LogP contribution in [0.15, 0.2) is 30.6 Å². The molecule has 0 bridgehead atoms. The lowest BCUT2D eigenvalue weighted by Gasteiger charge is -2.06. The van der Waals surface area contributed by atoms with Crippen LogP contribution in [0.3, 0.4) is 0 Å². The van der Waals surface area contributed by atoms with Crippen molar-refractivity contribution in [3.63, 3.8) is 0 Å². The van der Waals surface area contributed by atoms with Gasteiger partial charge in [-0.05, 0) is 38.9 Å². The number of imidazole rings is 1. The molecule has 0 unspecified atom stereocenters. The first kappa shape index (κ1) is 14.2. The van der Waals surface area contributed by atoms with Crippen molar-refractivity contribution >= 4 is 22.4 Å². The highest BCUT2D eigenvalue weighted by Crippen LogP contribution is 2.16. The van der Waals surface area contributed by atoms with Crippen LogP contribution in [0.25, 0.3) is 11.0 Å². The molecule has 0 aliphatic carbocycles. The van der Waals surface area contributed by atoms with Gasteiger partial charge in [-0.15, -0.1) is 11.3 Å². The van der Waals surface area contributed by atoms with Gasteiger partial charge in [0.05, 0.1) is 28.1 Å². The molecule has 21 heavy (non-hydrogen) atoms. The van der Waals surface area contributed by atoms with Crippen molar-refractivity contribution in [1.29, 1.82) is 0 Å². The maximum Gasteiger partial charge on any atom is 0.0958 e. The monoisotopic (exact) mass is 300 g/mol. The number of aryl methyl sites for hydroxylation is 3. The quantitative estimate of drug-likeness (QED) is 0.710. The second-order valence-electron chi connectivity index (χ2n) is 5.20. The first-order valence-corrected chi connectivity index (χ1v) is 8.09. The van der Waals surface area contributed by atoms with Crippen molar-refractivity contribution in [3.05, 3.63) is 46.2 Å². The third kappa shape index (κ3) is 3.31. The first-order valence-electron chi connectivity index (χ1n) is 7.27. The number of aromatic nitrogens is 3. The maximum atomic E-state index is 4.45. The highest BCUT2D eigenvalue weighted by Gasteiger charge is 2.04. The summed E-state index contributed by atoms with van der Waals surface area (Å²) in [6, 6.07) is 8.27. The number of nitrogens with one attached hydrogen (secondary N) is 1. The first-order chi connectivity index (χ1) is 10.2. The van der Waals surface area contributed by atoms with Crippen molar-refractivity contribution in [2.24, 2.45) is 0 Å². The van der Waals surface area contributed by atoms with Crippen molar-refractivity contribution in [3.8, 4) is 0 Å². The van der Waals surface area contributed by atoms with Gasteiger partial charge in [0.25, 0.3) is 0 Å². The predicted molar refractivity (Wildman–Crippen MR) is 87.6 cm³/mol. The van der Waals surface area contributed by atoms with Crippen LogP contribution < -0.4 is 5.32 Å². The van der Waals surface area contributed by atoms with Crippen LogP contribution in [0.4, 0.5) is 0 Å². The molecule has 110 valence electrons. The Morgan fingerprint density at radius 1 is 1.24 bits per heavy atom. The van der Waals surface area contributed by atoms with E-state index in [-0.39, 0.29) is 0 Å². The van der Waals surface area contributed by atoms with Gasteiger partial charge in [0, 0.05) is 18.0 Å². The van der Waals surface area contributed by atoms with Gasteiger partial charge in [0.15, 0.2) is 0 Å². The number of fused-ring (bicyclic) bond motifs is 1. The molecule has 2 heterocycles. The molecular formula is C16H20N4S. The second kappa shape index (κ2) is 6.37. The Morgan fingerprint density at radius 3 is 2.90 bits per heavy atom. The molecular weight excluding hydrogens is 280 g/mol. The Morgan fingerprint density at radius 2 is 2.10 bits per heavy atom. The van der Waals surface area contributed by atoms with E-state index in [4.69, 9.17) is 0 Å². The van der Waals surface area contributed by atoms with E-state index in [0.717, 1.165) is 42.3 Å². The summed E-state index contributed by atoms with van der Waals surface area (Å²) in [4.78, 5) is 10.2. The van der Waals surface area contributed by atoms with E-state index in [2.05, 4.69) is 51.9 Å². The molecule has 0 amide bonds. The highest BCUT2D eigenvalue weighted by atomic mass is 32.1. The fourth-order valence-electron chi connectivity index (χ4n) is 2.50. The van der Waals surface area contributed by atoms with Crippen molar-refractivity contribution in [2.45, 2.75) is 33.4 Å². The minimum atomic E-state index is 0.919. The molecule has 0 aliphatic heterocycles. The van der Waals surface area contributed by atoms with Crippen LogP contribution in [0.2, 0.25) is 0 Å². The second-order valence-corrected chi connectivity index (χ2v) is 6.49. The SMILES string of the molecule is Cc1nc(C)c(CNCCCn2cnc3ccccc32)s1. The van der Waals surface area contributed by atoms with E-state index in [1.165, 1.54) is 10.4 Å². The number of hydrogen-bond donors (Lipinski definition) is 1. The topological polar surface area (TPSA) is 42.7 Å². The number of thiazole rings is 1. The van der Waals surface area contributed by atoms with Crippen LogP contribution in [0, 0.1) is 13.8 Å². The number of para-hydroxylation sites is 2. The molecule has 0 atom stereocenters. The minimum Gasteiger partial charge on any atom is -0.331 e. The molecule has 4 nitrogen and oxygen atoms in total. The molecule has 1 N–H and O–H groups in total. The maximum absolute atomic E-state index is 4.45. The van der Waals surface area contributed by atoms with Crippen molar-refractivity contribution in [2.75, 3.05) is 6.54 Å². The molecule has 3 rings (SSSR count). The van der Waals surface area contributed by atoms with Crippen LogP contribution in [-0.2, 0) is 13.1 Å². The zero-order chi connectivity index (χ0) is 14.7. The third-order valence-corrected chi connectivity index (χ3v) is 4.64. The smallest absolute Gasteiger partial charge is 0.0958 e. The normalized spacial score (nSPS) is 11.3. The Bertz CT molecular complexity index is 729. The summed E-state index contributed by atoms with van der Waals surface area (Å²) in [5.41, 5.74) is 3.44. The van der Waals surface area contributed by atoms with Gasteiger partial charge in [-0.25, -0.2) is 9.97 Å². The van der Waals surface area contributed by atoms with Gasteiger partial charge in [0.2, 0.25) is 0 Å². The lowest BCUT2D eigenvalue weighted by Crippen LogP contribution is -2.16. The fraction of sp³-hybridized carbons (Fsp3) is 0.375. The van der Waals surface area contributed by atoms with Crippen LogP contribution in [-0.4, -0.2) is 21.1 Å². The average molecular weight is 300 g/mol. The van der Waals surface area contributed by atoms with Gasteiger partial charge in [-0.1, -0.05) is 12.1 Å². The molecule has 0 aliphatic rings. The van der Waals surface area contributed by atoms with E-state index in [1.807, 2.05) is 12.4 Å². The van der Waals surface area contributed by atoms with E-state index >= 15 is 0 Å². The molecule has 0 saturated heterocycles. The number of benzene rings is 1. The third-order valence-electron chi connectivity index (χ3n) is 3.57. The molecule has 0 radical (unpaired) electrons. The van der Waals surface area contributed by atoms with Crippen LogP contribution in [0.5, 0.6) is 0 Å². The summed E-state index contributed by atoms with van der Waals surface area (Å²) in [6.07, 6.45) is 3.03. The summed E-state index contributed by atoms with van der Waals surface area (Å²) in [5.74, 6) is 0. The van der Waals surface area contributed by atoms with E-state index in [1.54, 1.807) is 11.3 Å². The van der Waals surface area contributed by atoms with E-state index < -0.39 is 0 Å². The van der Waals surface area contributed by atoms with Gasteiger partial charge in [-0.2, -0.15) is 0 Å². The molecule has 3 aromatic rings. The Kier molecular flexibility index (Phi) is 4.31. The molecule has 0 saturated carbocycles. The van der Waals surface area contributed by atoms with Gasteiger partial charge >= 0.3 is 0 Å². The lowest BCUT2D eigenvalue weighted by atomic mass is 10.3. The molecule has 2 aromatic heterocycles. The summed E-state index contributed by atoms with van der Waals surface area (Å²) in [7, 11) is 0. The lowest BCUT2D eigenvalue weighted by molar-refractivity contribution is 0.590. The average Bonchev–Trinajstić information content (AvgIpc) is 3.02. The summed E-state index contributed by atoms with van der Waals surface area (Å²) in [6.45, 7) is 7.06. The van der Waals surface area contributed by atoms with Crippen molar-refractivity contribution in [1.82, 2.24) is 19.9 Å². The van der Waals surface area contributed by atoms with Crippen LogP contribution in [0.1, 0.15) is 22.0 Å². The summed E-state index contributed by atoms with van der Waals surface area (Å²) < 4.78 is 2.22. The molecule has 0 spiro atoms. The summed E-state index contributed by atoms with van der Waals surface area (Å²) in [5, 5.41) is 4.65. The van der Waals surface area contributed by atoms with E-state index in [0.29, 0.717) is 0 Å². The zero-order valence-electron chi connectivity index (χ0n) is 12.5. The van der Waals surface area contributed by atoms with Gasteiger partial charge in [0.1, 0.15) is 0 Å². The minimum absolute atomic E-state index is 0.919. The number of rotatable bonds is 6. The standard InChI is InChI=1S/C16H20N4S/c1-12-16(21-13(2)19-12)10-17-8-5-9-20-11-18-14-6-3-4-7-15(14)20/h3-4,6-7,11,17H,5,8-10H2,1-2H3. The number of nitrogens with zero attached hydrogens (tertiary/aromatic N) is 3. The Labute approximate surface area is 128 Å². The van der Waals surface area contributed by atoms with Gasteiger partial charge < -0.3 is 9.88 Å². The summed E-state index contributed by atoms with van der Waals surface area (Å²) >= 11 is 1.78. The van der Waals surface area contributed by atoms with Crippen LogP contribution >= 0.6 is 11.3 Å². The van der Waals surface area contributed by atoms with E-state index in [9.17, 15) is 0 Å². The highest BCUT2D eigenvalue weighted by molar-refractivity contribution is 7.11. The molecule has 0 fully saturated rings. The largest absolute Gasteiger partial charge is 0.331 e. The van der Waals surface area contributed by atoms with Gasteiger partial charge in [-0.3, -0.25) is 0 Å². The predicted octanol–water partition coefficient (Wildman–Crippen LogP) is 3.29. The molecule has 1 aromatic carbocycles.